The van der Waals surface area contributed by atoms with Crippen LogP contribution in [0.5, 0.6) is 0 Å². The lowest BCUT2D eigenvalue weighted by Crippen LogP contribution is -1.85. The Labute approximate surface area is 56.4 Å². The molecule has 0 aliphatic heterocycles. The smallest absolute Gasteiger partial charge is 0.0641 e. The van der Waals surface area contributed by atoms with Crippen LogP contribution in [0.25, 0.3) is 0 Å². The monoisotopic (exact) mass is 126 g/mol. The zero-order valence-electron chi connectivity index (χ0n) is 5.93. The van der Waals surface area contributed by atoms with E-state index >= 15 is 0 Å². The Kier molecular flexibility index (Phi) is 2.29. The van der Waals surface area contributed by atoms with Crippen LogP contribution in [0.2, 0.25) is 0 Å². The van der Waals surface area contributed by atoms with E-state index in [2.05, 4.69) is 13.0 Å². The van der Waals surface area contributed by atoms with Gasteiger partial charge in [0.2, 0.25) is 0 Å². The van der Waals surface area contributed by atoms with Gasteiger partial charge in [-0.3, -0.25) is 0 Å². The average molecular weight is 126 g/mol. The van der Waals surface area contributed by atoms with E-state index in [-0.39, 0.29) is 6.61 Å². The zero-order valence-corrected chi connectivity index (χ0v) is 5.93. The summed E-state index contributed by atoms with van der Waals surface area (Å²) in [7, 11) is 0. The van der Waals surface area contributed by atoms with E-state index in [1.54, 1.807) is 0 Å². The molecule has 0 saturated heterocycles. The third kappa shape index (κ3) is 1.55. The lowest BCUT2D eigenvalue weighted by atomic mass is 10.1. The third-order valence-corrected chi connectivity index (χ3v) is 2.04. The van der Waals surface area contributed by atoms with Crippen LogP contribution in [0.1, 0.15) is 26.2 Å². The van der Waals surface area contributed by atoms with Crippen molar-refractivity contribution in [1.82, 2.24) is 0 Å². The standard InChI is InChI=1S/C8H14O/c1-2-7-3-4-8(5-7)6-9/h5,7,9H,2-4,6H2,1H3. The summed E-state index contributed by atoms with van der Waals surface area (Å²) in [6.07, 6.45) is 5.82. The minimum Gasteiger partial charge on any atom is -0.392 e. The highest BCUT2D eigenvalue weighted by Crippen LogP contribution is 2.25. The predicted octanol–water partition coefficient (Wildman–Crippen LogP) is 1.73. The van der Waals surface area contributed by atoms with Gasteiger partial charge in [0.25, 0.3) is 0 Å². The van der Waals surface area contributed by atoms with Crippen molar-refractivity contribution in [2.24, 2.45) is 5.92 Å². The van der Waals surface area contributed by atoms with Gasteiger partial charge in [-0.25, -0.2) is 0 Å². The van der Waals surface area contributed by atoms with Crippen LogP contribution in [-0.4, -0.2) is 11.7 Å². The van der Waals surface area contributed by atoms with Gasteiger partial charge in [-0.2, -0.15) is 0 Å². The molecule has 0 aromatic rings. The van der Waals surface area contributed by atoms with Crippen molar-refractivity contribution in [3.05, 3.63) is 11.6 Å². The second-order valence-corrected chi connectivity index (χ2v) is 2.69. The molecule has 0 bridgehead atoms. The summed E-state index contributed by atoms with van der Waals surface area (Å²) in [6, 6.07) is 0. The fraction of sp³-hybridized carbons (Fsp3) is 0.750. The van der Waals surface area contributed by atoms with E-state index in [1.807, 2.05) is 0 Å². The Morgan fingerprint density at radius 3 is 2.89 bits per heavy atom. The van der Waals surface area contributed by atoms with Crippen LogP contribution in [0.15, 0.2) is 11.6 Å². The maximum atomic E-state index is 8.71. The molecule has 0 spiro atoms. The molecule has 0 fully saturated rings. The van der Waals surface area contributed by atoms with Gasteiger partial charge in [0.05, 0.1) is 6.61 Å². The second kappa shape index (κ2) is 3.02. The normalized spacial score (nSPS) is 26.4. The van der Waals surface area contributed by atoms with E-state index in [9.17, 15) is 0 Å². The second-order valence-electron chi connectivity index (χ2n) is 2.69. The predicted molar refractivity (Wildman–Crippen MR) is 38.2 cm³/mol. The van der Waals surface area contributed by atoms with Crippen molar-refractivity contribution >= 4 is 0 Å². The Hall–Kier alpha value is -0.300. The minimum absolute atomic E-state index is 0.274. The fourth-order valence-corrected chi connectivity index (χ4v) is 1.32. The maximum Gasteiger partial charge on any atom is 0.0641 e. The molecule has 0 saturated carbocycles. The number of allylic oxidation sites excluding steroid dienone is 1. The highest BCUT2D eigenvalue weighted by Gasteiger charge is 2.11. The highest BCUT2D eigenvalue weighted by molar-refractivity contribution is 5.10. The first-order valence-corrected chi connectivity index (χ1v) is 3.67. The molecule has 1 atom stereocenters. The first-order valence-electron chi connectivity index (χ1n) is 3.67. The van der Waals surface area contributed by atoms with E-state index in [0.717, 1.165) is 12.3 Å². The van der Waals surface area contributed by atoms with Crippen LogP contribution in [0.3, 0.4) is 0 Å². The summed E-state index contributed by atoms with van der Waals surface area (Å²) in [5, 5.41) is 8.71. The lowest BCUT2D eigenvalue weighted by Gasteiger charge is -1.97. The molecule has 1 nitrogen and oxygen atoms in total. The Morgan fingerprint density at radius 1 is 1.78 bits per heavy atom. The Balaban J connectivity index is 2.40. The Morgan fingerprint density at radius 2 is 2.56 bits per heavy atom. The molecule has 1 aliphatic rings. The van der Waals surface area contributed by atoms with Gasteiger partial charge in [-0.05, 0) is 30.8 Å². The van der Waals surface area contributed by atoms with Crippen molar-refractivity contribution in [3.63, 3.8) is 0 Å². The molecule has 0 aromatic heterocycles. The van der Waals surface area contributed by atoms with Crippen molar-refractivity contribution in [2.45, 2.75) is 26.2 Å². The van der Waals surface area contributed by atoms with E-state index in [0.29, 0.717) is 0 Å². The van der Waals surface area contributed by atoms with Crippen molar-refractivity contribution in [1.29, 1.82) is 0 Å². The van der Waals surface area contributed by atoms with E-state index in [4.69, 9.17) is 5.11 Å². The zero-order chi connectivity index (χ0) is 6.69. The first-order chi connectivity index (χ1) is 4.36. The fourth-order valence-electron chi connectivity index (χ4n) is 1.32. The van der Waals surface area contributed by atoms with Crippen LogP contribution >= 0.6 is 0 Å². The van der Waals surface area contributed by atoms with Gasteiger partial charge < -0.3 is 5.11 Å². The summed E-state index contributed by atoms with van der Waals surface area (Å²) >= 11 is 0. The molecule has 1 N–H and O–H groups in total. The number of hydrogen-bond acceptors (Lipinski definition) is 1. The van der Waals surface area contributed by atoms with Crippen molar-refractivity contribution in [3.8, 4) is 0 Å². The van der Waals surface area contributed by atoms with Crippen LogP contribution in [0, 0.1) is 5.92 Å². The lowest BCUT2D eigenvalue weighted by molar-refractivity contribution is 0.328. The molecule has 0 amide bonds. The van der Waals surface area contributed by atoms with Gasteiger partial charge in [-0.1, -0.05) is 13.0 Å². The van der Waals surface area contributed by atoms with Gasteiger partial charge in [0.1, 0.15) is 0 Å². The van der Waals surface area contributed by atoms with Gasteiger partial charge in [-0.15, -0.1) is 0 Å². The van der Waals surface area contributed by atoms with Gasteiger partial charge in [0.15, 0.2) is 0 Å². The SMILES string of the molecule is CCC1C=C(CO)CC1. The minimum atomic E-state index is 0.274. The molecular weight excluding hydrogens is 112 g/mol. The molecule has 1 rings (SSSR count). The molecule has 9 heavy (non-hydrogen) atoms. The summed E-state index contributed by atoms with van der Waals surface area (Å²) in [6.45, 7) is 2.47. The van der Waals surface area contributed by atoms with Crippen molar-refractivity contribution in [2.75, 3.05) is 6.61 Å². The summed E-state index contributed by atoms with van der Waals surface area (Å²) in [5.41, 5.74) is 1.24. The average Bonchev–Trinajstić information content (AvgIpc) is 2.34. The summed E-state index contributed by atoms with van der Waals surface area (Å²) < 4.78 is 0. The van der Waals surface area contributed by atoms with E-state index in [1.165, 1.54) is 18.4 Å². The van der Waals surface area contributed by atoms with Crippen LogP contribution < -0.4 is 0 Å². The molecule has 0 heterocycles. The molecule has 1 heteroatoms. The maximum absolute atomic E-state index is 8.71. The largest absolute Gasteiger partial charge is 0.392 e. The van der Waals surface area contributed by atoms with Crippen molar-refractivity contribution < 1.29 is 5.11 Å². The van der Waals surface area contributed by atoms with Crippen LogP contribution in [-0.2, 0) is 0 Å². The van der Waals surface area contributed by atoms with E-state index < -0.39 is 0 Å². The molecule has 0 aromatic carbocycles. The Bertz CT molecular complexity index is 116. The molecular formula is C8H14O. The number of aliphatic hydroxyl groups is 1. The highest BCUT2D eigenvalue weighted by atomic mass is 16.3. The quantitative estimate of drug-likeness (QED) is 0.558. The number of aliphatic hydroxyl groups excluding tert-OH is 1. The molecule has 0 radical (unpaired) electrons. The topological polar surface area (TPSA) is 20.2 Å². The molecule has 52 valence electrons. The first kappa shape index (κ1) is 6.81. The summed E-state index contributed by atoms with van der Waals surface area (Å²) in [5.74, 6) is 0.757. The third-order valence-electron chi connectivity index (χ3n) is 2.04. The van der Waals surface area contributed by atoms with Gasteiger partial charge >= 0.3 is 0 Å². The molecule has 1 aliphatic carbocycles. The number of rotatable bonds is 2. The molecule has 1 unspecified atom stereocenters. The van der Waals surface area contributed by atoms with Gasteiger partial charge in [0, 0.05) is 0 Å². The number of hydrogen-bond donors (Lipinski definition) is 1. The van der Waals surface area contributed by atoms with Crippen LogP contribution in [0.4, 0.5) is 0 Å². The summed E-state index contributed by atoms with van der Waals surface area (Å²) in [4.78, 5) is 0.